The van der Waals surface area contributed by atoms with E-state index >= 15 is 0 Å². The first kappa shape index (κ1) is 12.4. The molecule has 0 radical (unpaired) electrons. The Bertz CT molecular complexity index is 339. The number of anilines is 1. The van der Waals surface area contributed by atoms with E-state index in [1.807, 2.05) is 31.2 Å². The van der Waals surface area contributed by atoms with Crippen LogP contribution in [-0.2, 0) is 4.79 Å². The van der Waals surface area contributed by atoms with Crippen molar-refractivity contribution in [3.05, 3.63) is 24.3 Å². The minimum absolute atomic E-state index is 0.184. The largest absolute Gasteiger partial charge is 0.492 e. The van der Waals surface area contributed by atoms with E-state index in [0.29, 0.717) is 19.6 Å². The van der Waals surface area contributed by atoms with Gasteiger partial charge in [0.25, 0.3) is 0 Å². The number of hydrogen-bond donors (Lipinski definition) is 2. The highest BCUT2D eigenvalue weighted by molar-refractivity contribution is 5.66. The molecule has 1 aromatic rings. The number of ether oxygens (including phenoxy) is 1. The third-order valence-electron chi connectivity index (χ3n) is 2.07. The van der Waals surface area contributed by atoms with Crippen LogP contribution in [-0.4, -0.2) is 24.2 Å². The smallest absolute Gasteiger partial charge is 0.303 e. The summed E-state index contributed by atoms with van der Waals surface area (Å²) in [5.41, 5.74) is 0.912. The lowest BCUT2D eigenvalue weighted by Crippen LogP contribution is -2.06. The molecular formula is C12H17NO3. The average molecular weight is 223 g/mol. The summed E-state index contributed by atoms with van der Waals surface area (Å²) in [5.74, 6) is 0.0419. The third kappa shape index (κ3) is 4.21. The first-order chi connectivity index (χ1) is 7.74. The lowest BCUT2D eigenvalue weighted by Gasteiger charge is -2.11. The van der Waals surface area contributed by atoms with E-state index in [-0.39, 0.29) is 6.42 Å². The maximum absolute atomic E-state index is 10.3. The van der Waals surface area contributed by atoms with Crippen LogP contribution in [0.1, 0.15) is 19.8 Å². The minimum atomic E-state index is -0.764. The first-order valence-corrected chi connectivity index (χ1v) is 5.41. The van der Waals surface area contributed by atoms with Gasteiger partial charge in [-0.1, -0.05) is 12.1 Å². The van der Waals surface area contributed by atoms with Crippen molar-refractivity contribution in [2.24, 2.45) is 0 Å². The molecule has 0 atom stereocenters. The van der Waals surface area contributed by atoms with Crippen molar-refractivity contribution in [1.29, 1.82) is 0 Å². The number of carboxylic acids is 1. The first-order valence-electron chi connectivity index (χ1n) is 5.41. The summed E-state index contributed by atoms with van der Waals surface area (Å²) in [6.07, 6.45) is 0.791. The number of carboxylic acid groups (broad SMARTS) is 1. The topological polar surface area (TPSA) is 58.6 Å². The Morgan fingerprint density at radius 2 is 2.19 bits per heavy atom. The van der Waals surface area contributed by atoms with E-state index in [1.54, 1.807) is 0 Å². The zero-order valence-corrected chi connectivity index (χ0v) is 9.40. The van der Waals surface area contributed by atoms with Crippen LogP contribution in [0.5, 0.6) is 5.75 Å². The van der Waals surface area contributed by atoms with E-state index in [2.05, 4.69) is 5.32 Å². The molecule has 88 valence electrons. The van der Waals surface area contributed by atoms with Crippen LogP contribution in [0.15, 0.2) is 24.3 Å². The van der Waals surface area contributed by atoms with Crippen molar-refractivity contribution in [3.8, 4) is 5.75 Å². The highest BCUT2D eigenvalue weighted by Crippen LogP contribution is 2.23. The minimum Gasteiger partial charge on any atom is -0.492 e. The Balaban J connectivity index is 2.43. The molecule has 1 aromatic carbocycles. The lowest BCUT2D eigenvalue weighted by molar-refractivity contribution is -0.137. The van der Waals surface area contributed by atoms with Crippen molar-refractivity contribution in [2.75, 3.05) is 18.5 Å². The molecular weight excluding hydrogens is 206 g/mol. The van der Waals surface area contributed by atoms with Crippen LogP contribution in [0.4, 0.5) is 5.69 Å². The van der Waals surface area contributed by atoms with Gasteiger partial charge in [0.15, 0.2) is 0 Å². The second kappa shape index (κ2) is 6.71. The molecule has 0 aromatic heterocycles. The Morgan fingerprint density at radius 3 is 2.88 bits per heavy atom. The molecule has 4 heteroatoms. The fraction of sp³-hybridized carbons (Fsp3) is 0.417. The number of nitrogens with one attached hydrogen (secondary N) is 1. The van der Waals surface area contributed by atoms with Crippen molar-refractivity contribution >= 4 is 11.7 Å². The monoisotopic (exact) mass is 223 g/mol. The molecule has 0 fully saturated rings. The second-order valence-electron chi connectivity index (χ2n) is 3.35. The summed E-state index contributed by atoms with van der Waals surface area (Å²) < 4.78 is 5.44. The molecule has 0 heterocycles. The molecule has 0 aliphatic heterocycles. The molecule has 0 aliphatic rings. The predicted molar refractivity (Wildman–Crippen MR) is 63.0 cm³/mol. The molecule has 0 spiro atoms. The van der Waals surface area contributed by atoms with Gasteiger partial charge in [0, 0.05) is 13.0 Å². The maximum Gasteiger partial charge on any atom is 0.303 e. The Morgan fingerprint density at radius 1 is 1.44 bits per heavy atom. The van der Waals surface area contributed by atoms with Gasteiger partial charge in [-0.05, 0) is 25.5 Å². The van der Waals surface area contributed by atoms with Crippen LogP contribution >= 0.6 is 0 Å². The van der Waals surface area contributed by atoms with Crippen LogP contribution in [0.3, 0.4) is 0 Å². The van der Waals surface area contributed by atoms with Crippen molar-refractivity contribution in [3.63, 3.8) is 0 Å². The third-order valence-corrected chi connectivity index (χ3v) is 2.07. The Labute approximate surface area is 95.2 Å². The number of benzene rings is 1. The summed E-state index contributed by atoms with van der Waals surface area (Å²) >= 11 is 0. The SMILES string of the molecule is CCOc1ccccc1NCCCC(=O)O. The van der Waals surface area contributed by atoms with Gasteiger partial charge in [-0.2, -0.15) is 0 Å². The van der Waals surface area contributed by atoms with Crippen LogP contribution in [0.2, 0.25) is 0 Å². The molecule has 1 rings (SSSR count). The molecule has 0 aliphatic carbocycles. The van der Waals surface area contributed by atoms with Gasteiger partial charge < -0.3 is 15.2 Å². The second-order valence-corrected chi connectivity index (χ2v) is 3.35. The quantitative estimate of drug-likeness (QED) is 0.697. The summed E-state index contributed by atoms with van der Waals surface area (Å²) in [5, 5.41) is 11.7. The normalized spacial score (nSPS) is 9.81. The van der Waals surface area contributed by atoms with E-state index in [9.17, 15) is 4.79 Å². The fourth-order valence-corrected chi connectivity index (χ4v) is 1.36. The highest BCUT2D eigenvalue weighted by atomic mass is 16.5. The van der Waals surface area contributed by atoms with Gasteiger partial charge in [-0.15, -0.1) is 0 Å². The molecule has 2 N–H and O–H groups in total. The van der Waals surface area contributed by atoms with Crippen LogP contribution in [0.25, 0.3) is 0 Å². The summed E-state index contributed by atoms with van der Waals surface area (Å²) in [7, 11) is 0. The van der Waals surface area contributed by atoms with Crippen LogP contribution < -0.4 is 10.1 Å². The van der Waals surface area contributed by atoms with Crippen molar-refractivity contribution in [1.82, 2.24) is 0 Å². The molecule has 4 nitrogen and oxygen atoms in total. The Hall–Kier alpha value is -1.71. The van der Waals surface area contributed by atoms with Gasteiger partial charge in [0.05, 0.1) is 12.3 Å². The number of rotatable bonds is 7. The van der Waals surface area contributed by atoms with Gasteiger partial charge >= 0.3 is 5.97 Å². The molecule has 16 heavy (non-hydrogen) atoms. The van der Waals surface area contributed by atoms with Gasteiger partial charge in [-0.3, -0.25) is 4.79 Å². The lowest BCUT2D eigenvalue weighted by atomic mass is 10.2. The fourth-order valence-electron chi connectivity index (χ4n) is 1.36. The number of aliphatic carboxylic acids is 1. The Kier molecular flexibility index (Phi) is 5.19. The zero-order chi connectivity index (χ0) is 11.8. The highest BCUT2D eigenvalue weighted by Gasteiger charge is 2.01. The molecule has 0 saturated heterocycles. The summed E-state index contributed by atoms with van der Waals surface area (Å²) in [4.78, 5) is 10.3. The van der Waals surface area contributed by atoms with Gasteiger partial charge in [-0.25, -0.2) is 0 Å². The molecule has 0 bridgehead atoms. The summed E-state index contributed by atoms with van der Waals surface area (Å²) in [6, 6.07) is 7.64. The molecule has 0 saturated carbocycles. The van der Waals surface area contributed by atoms with Gasteiger partial charge in [0.1, 0.15) is 5.75 Å². The standard InChI is InChI=1S/C12H17NO3/c1-2-16-11-7-4-3-6-10(11)13-9-5-8-12(14)15/h3-4,6-7,13H,2,5,8-9H2,1H3,(H,14,15). The number of para-hydroxylation sites is 2. The van der Waals surface area contributed by atoms with E-state index in [4.69, 9.17) is 9.84 Å². The molecule has 0 amide bonds. The average Bonchev–Trinajstić information content (AvgIpc) is 2.26. The summed E-state index contributed by atoms with van der Waals surface area (Å²) in [6.45, 7) is 3.19. The predicted octanol–water partition coefficient (Wildman–Crippen LogP) is 2.36. The number of carbonyl (C=O) groups is 1. The molecule has 0 unspecified atom stereocenters. The van der Waals surface area contributed by atoms with Crippen molar-refractivity contribution in [2.45, 2.75) is 19.8 Å². The van der Waals surface area contributed by atoms with Crippen molar-refractivity contribution < 1.29 is 14.6 Å². The zero-order valence-electron chi connectivity index (χ0n) is 9.40. The maximum atomic E-state index is 10.3. The van der Waals surface area contributed by atoms with E-state index < -0.39 is 5.97 Å². The number of hydrogen-bond acceptors (Lipinski definition) is 3. The van der Waals surface area contributed by atoms with E-state index in [1.165, 1.54) is 0 Å². The van der Waals surface area contributed by atoms with Gasteiger partial charge in [0.2, 0.25) is 0 Å². The van der Waals surface area contributed by atoms with E-state index in [0.717, 1.165) is 11.4 Å². The van der Waals surface area contributed by atoms with Crippen LogP contribution in [0, 0.1) is 0 Å².